The van der Waals surface area contributed by atoms with Crippen LogP contribution in [0.2, 0.25) is 0 Å². The fraction of sp³-hybridized carbons (Fsp3) is 0.923. The number of nitrogens with zero attached hydrogens (tertiary/aromatic N) is 6. The Morgan fingerprint density at radius 2 is 0.729 bits per heavy atom. The zero-order valence-electron chi connectivity index (χ0n) is 27.0. The Balaban J connectivity index is 3.76. The highest BCUT2D eigenvalue weighted by atomic mass is 16.6. The average Bonchev–Trinajstić information content (AvgIpc) is 3.09. The highest BCUT2D eigenvalue weighted by molar-refractivity contribution is 5.83. The van der Waals surface area contributed by atoms with Crippen molar-refractivity contribution in [2.24, 2.45) is 10.2 Å². The lowest BCUT2D eigenvalue weighted by molar-refractivity contribution is -0.155. The van der Waals surface area contributed by atoms with E-state index in [4.69, 9.17) is 49.0 Å². The smallest absolute Gasteiger partial charge is 0.251 e. The van der Waals surface area contributed by atoms with Gasteiger partial charge in [0.25, 0.3) is 11.8 Å². The number of ether oxygens (including phenoxy) is 8. The van der Waals surface area contributed by atoms with Gasteiger partial charge in [-0.2, -0.15) is 0 Å². The standard InChI is InChI=1S/C26H50N8O14/c27-33-31-3-7-43-11-15-47-19-17-45-13-9-41-5-1-29-25(39)23(37)21(35)22(36)24(38)26(40)30-2-6-42-10-14-46-18-20-48-16-12-44-8-4-32-34-28/h21-24,35-38H,1-20H2,(H,29,39)(H,30,40)/t21-,22+,23+,24-. The van der Waals surface area contributed by atoms with Crippen LogP contribution in [-0.4, -0.2) is 189 Å². The summed E-state index contributed by atoms with van der Waals surface area (Å²) in [5.41, 5.74) is 16.3. The van der Waals surface area contributed by atoms with E-state index < -0.39 is 36.2 Å². The molecule has 22 heteroatoms. The Labute approximate surface area is 278 Å². The molecule has 2 amide bonds. The molecular weight excluding hydrogens is 648 g/mol. The molecule has 0 bridgehead atoms. The first kappa shape index (κ1) is 45.1. The van der Waals surface area contributed by atoms with Gasteiger partial charge in [-0.3, -0.25) is 9.59 Å². The van der Waals surface area contributed by atoms with Crippen molar-refractivity contribution in [1.82, 2.24) is 10.6 Å². The van der Waals surface area contributed by atoms with Crippen LogP contribution in [0.1, 0.15) is 0 Å². The Kier molecular flexibility index (Phi) is 31.9. The molecule has 0 aromatic rings. The Hall–Kier alpha value is -2.92. The van der Waals surface area contributed by atoms with Crippen molar-refractivity contribution >= 4 is 11.8 Å². The summed E-state index contributed by atoms with van der Waals surface area (Å²) in [4.78, 5) is 29.4. The van der Waals surface area contributed by atoms with E-state index in [0.29, 0.717) is 66.1 Å². The molecule has 0 spiro atoms. The third kappa shape index (κ3) is 27.1. The minimum atomic E-state index is -2.15. The maximum Gasteiger partial charge on any atom is 0.251 e. The number of aliphatic hydroxyl groups is 4. The number of nitrogens with one attached hydrogen (secondary N) is 2. The Bertz CT molecular complexity index is 829. The minimum absolute atomic E-state index is 0.0268. The van der Waals surface area contributed by atoms with Gasteiger partial charge in [0.2, 0.25) is 0 Å². The summed E-state index contributed by atoms with van der Waals surface area (Å²) >= 11 is 0. The van der Waals surface area contributed by atoms with Crippen LogP contribution < -0.4 is 10.6 Å². The molecule has 0 heterocycles. The van der Waals surface area contributed by atoms with E-state index in [1.54, 1.807) is 0 Å². The van der Waals surface area contributed by atoms with Gasteiger partial charge < -0.3 is 69.0 Å². The fourth-order valence-electron chi connectivity index (χ4n) is 3.21. The Morgan fingerprint density at radius 1 is 0.479 bits per heavy atom. The summed E-state index contributed by atoms with van der Waals surface area (Å²) in [6, 6.07) is 0. The highest BCUT2D eigenvalue weighted by Gasteiger charge is 2.37. The van der Waals surface area contributed by atoms with Gasteiger partial charge in [-0.1, -0.05) is 10.2 Å². The van der Waals surface area contributed by atoms with Crippen molar-refractivity contribution in [1.29, 1.82) is 0 Å². The van der Waals surface area contributed by atoms with Crippen molar-refractivity contribution in [3.63, 3.8) is 0 Å². The van der Waals surface area contributed by atoms with E-state index in [1.807, 2.05) is 0 Å². The van der Waals surface area contributed by atoms with Gasteiger partial charge in [-0.05, 0) is 11.1 Å². The summed E-state index contributed by atoms with van der Waals surface area (Å²) in [5.74, 6) is -2.08. The molecule has 0 saturated carbocycles. The molecule has 48 heavy (non-hydrogen) atoms. The van der Waals surface area contributed by atoms with Crippen LogP contribution in [0.3, 0.4) is 0 Å². The highest BCUT2D eigenvalue weighted by Crippen LogP contribution is 2.06. The molecule has 0 unspecified atom stereocenters. The predicted octanol–water partition coefficient (Wildman–Crippen LogP) is -2.58. The lowest BCUT2D eigenvalue weighted by Crippen LogP contribution is -2.54. The molecule has 0 rings (SSSR count). The first-order valence-corrected chi connectivity index (χ1v) is 15.3. The van der Waals surface area contributed by atoms with Crippen molar-refractivity contribution in [2.45, 2.75) is 24.4 Å². The third-order valence-electron chi connectivity index (χ3n) is 5.66. The van der Waals surface area contributed by atoms with E-state index in [-0.39, 0.29) is 65.8 Å². The number of hydrogen-bond acceptors (Lipinski definition) is 16. The summed E-state index contributed by atoms with van der Waals surface area (Å²) in [6.45, 7) is 5.07. The summed E-state index contributed by atoms with van der Waals surface area (Å²) in [5, 5.41) is 51.5. The fourth-order valence-corrected chi connectivity index (χ4v) is 3.21. The minimum Gasteiger partial charge on any atom is -0.387 e. The Morgan fingerprint density at radius 3 is 1.00 bits per heavy atom. The number of azide groups is 2. The SMILES string of the molecule is [N-]=[N+]=NCCOCCOCCOCCOCCNC(=O)[C@@H](O)[C@H](O)[C@H](O)[C@@H](O)C(=O)NCCOCCOCCOCCOCCN=[N+]=[N-]. The predicted molar refractivity (Wildman–Crippen MR) is 165 cm³/mol. The normalized spacial score (nSPS) is 13.5. The zero-order valence-corrected chi connectivity index (χ0v) is 27.0. The van der Waals surface area contributed by atoms with Crippen molar-refractivity contribution in [2.75, 3.05) is 132 Å². The average molecular weight is 699 g/mol. The molecule has 0 aliphatic heterocycles. The van der Waals surface area contributed by atoms with Gasteiger partial charge in [0.05, 0.1) is 106 Å². The monoisotopic (exact) mass is 698 g/mol. The summed E-state index contributed by atoms with van der Waals surface area (Å²) < 4.78 is 42.1. The maximum absolute atomic E-state index is 12.1. The molecule has 6 N–H and O–H groups in total. The topological polar surface area (TPSA) is 310 Å². The molecule has 0 radical (unpaired) electrons. The van der Waals surface area contributed by atoms with Gasteiger partial charge in [0.1, 0.15) is 12.2 Å². The molecule has 0 aromatic heterocycles. The van der Waals surface area contributed by atoms with Gasteiger partial charge in [0.15, 0.2) is 12.2 Å². The van der Waals surface area contributed by atoms with E-state index in [9.17, 15) is 30.0 Å². The molecule has 0 saturated heterocycles. The number of carbonyl (C=O) groups excluding carboxylic acids is 2. The largest absolute Gasteiger partial charge is 0.387 e. The van der Waals surface area contributed by atoms with Crippen LogP contribution in [0.25, 0.3) is 20.9 Å². The van der Waals surface area contributed by atoms with Gasteiger partial charge in [-0.15, -0.1) is 0 Å². The van der Waals surface area contributed by atoms with Crippen LogP contribution in [0.4, 0.5) is 0 Å². The third-order valence-corrected chi connectivity index (χ3v) is 5.66. The summed E-state index contributed by atoms with van der Waals surface area (Å²) in [6.07, 6.45) is -8.56. The van der Waals surface area contributed by atoms with Crippen molar-refractivity contribution in [3.8, 4) is 0 Å². The van der Waals surface area contributed by atoms with Crippen molar-refractivity contribution < 1.29 is 67.9 Å². The second kappa shape index (κ2) is 34.0. The molecule has 0 aliphatic rings. The van der Waals surface area contributed by atoms with Crippen molar-refractivity contribution in [3.05, 3.63) is 20.9 Å². The molecule has 22 nitrogen and oxygen atoms in total. The van der Waals surface area contributed by atoms with Crippen LogP contribution in [0, 0.1) is 0 Å². The van der Waals surface area contributed by atoms with Gasteiger partial charge in [0, 0.05) is 36.0 Å². The maximum atomic E-state index is 12.1. The molecule has 4 atom stereocenters. The first-order chi connectivity index (χ1) is 23.4. The zero-order chi connectivity index (χ0) is 35.5. The number of amides is 2. The second-order valence-electron chi connectivity index (χ2n) is 9.26. The molecular formula is C26H50N8O14. The van der Waals surface area contributed by atoms with Crippen LogP contribution in [0.5, 0.6) is 0 Å². The van der Waals surface area contributed by atoms with Crippen LogP contribution >= 0.6 is 0 Å². The number of rotatable bonds is 35. The van der Waals surface area contributed by atoms with E-state index >= 15 is 0 Å². The molecule has 278 valence electrons. The van der Waals surface area contributed by atoms with Gasteiger partial charge in [-0.25, -0.2) is 0 Å². The lowest BCUT2D eigenvalue weighted by Gasteiger charge is -2.25. The van der Waals surface area contributed by atoms with Gasteiger partial charge >= 0.3 is 0 Å². The van der Waals surface area contributed by atoms with E-state index in [0.717, 1.165) is 0 Å². The molecule has 0 fully saturated rings. The van der Waals surface area contributed by atoms with Crippen LogP contribution in [0.15, 0.2) is 10.2 Å². The van der Waals surface area contributed by atoms with E-state index in [1.165, 1.54) is 0 Å². The number of aliphatic hydroxyl groups excluding tert-OH is 4. The van der Waals surface area contributed by atoms with E-state index in [2.05, 4.69) is 30.7 Å². The first-order valence-electron chi connectivity index (χ1n) is 15.3. The number of carbonyl (C=O) groups is 2. The molecule has 0 aromatic carbocycles. The summed E-state index contributed by atoms with van der Waals surface area (Å²) in [7, 11) is 0. The lowest BCUT2D eigenvalue weighted by atomic mass is 10.0. The number of hydrogen-bond donors (Lipinski definition) is 6. The molecule has 0 aliphatic carbocycles. The van der Waals surface area contributed by atoms with Crippen LogP contribution in [-0.2, 0) is 47.5 Å². The quantitative estimate of drug-likeness (QED) is 0.0171. The second-order valence-corrected chi connectivity index (χ2v) is 9.26.